The van der Waals surface area contributed by atoms with Crippen molar-refractivity contribution in [1.82, 2.24) is 4.67 Å². The summed E-state index contributed by atoms with van der Waals surface area (Å²) in [4.78, 5) is 24.5. The van der Waals surface area contributed by atoms with Crippen molar-refractivity contribution in [2.45, 2.75) is 57.9 Å². The first-order valence-corrected chi connectivity index (χ1v) is 23.3. The molecule has 0 saturated carbocycles. The number of nitrogens with one attached hydrogen (secondary N) is 1. The van der Waals surface area contributed by atoms with E-state index in [2.05, 4.69) is 42.5 Å². The Hall–Kier alpha value is -5.32. The van der Waals surface area contributed by atoms with E-state index in [4.69, 9.17) is 48.8 Å². The molecule has 0 aliphatic carbocycles. The van der Waals surface area contributed by atoms with Crippen molar-refractivity contribution in [2.24, 2.45) is 0 Å². The van der Waals surface area contributed by atoms with Gasteiger partial charge in [-0.1, -0.05) is 54.6 Å². The number of nitro benzene ring substituents is 2. The lowest BCUT2D eigenvalue weighted by Crippen LogP contribution is -2.39. The van der Waals surface area contributed by atoms with Gasteiger partial charge >= 0.3 is 0 Å². The van der Waals surface area contributed by atoms with E-state index >= 15 is 0 Å². The molecule has 0 bridgehead atoms. The van der Waals surface area contributed by atoms with Crippen LogP contribution in [0.1, 0.15) is 50.8 Å². The van der Waals surface area contributed by atoms with Gasteiger partial charge < -0.3 is 52.4 Å². The van der Waals surface area contributed by atoms with E-state index in [-0.39, 0.29) is 62.1 Å². The van der Waals surface area contributed by atoms with Crippen molar-refractivity contribution in [1.29, 1.82) is 0 Å². The Kier molecular flexibility index (Phi) is 23.9. The number of benzene rings is 4. The summed E-state index contributed by atoms with van der Waals surface area (Å²) in [5.41, 5.74) is 1.05. The van der Waals surface area contributed by atoms with Crippen molar-refractivity contribution in [3.8, 4) is 11.5 Å². The third-order valence-corrected chi connectivity index (χ3v) is 12.3. The molecule has 0 radical (unpaired) electrons. The molecule has 0 spiro atoms. The molecule has 4 aromatic carbocycles. The first-order chi connectivity index (χ1) is 32.4. The number of hydrogen-bond acceptors (Lipinski definition) is 15. The van der Waals surface area contributed by atoms with Crippen LogP contribution in [0.15, 0.2) is 97.1 Å². The van der Waals surface area contributed by atoms with Crippen LogP contribution in [0.3, 0.4) is 0 Å². The van der Waals surface area contributed by atoms with E-state index < -0.39 is 30.1 Å². The minimum Gasteiger partial charge on any atom is -0.497 e. The van der Waals surface area contributed by atoms with E-state index in [1.807, 2.05) is 78.9 Å². The summed E-state index contributed by atoms with van der Waals surface area (Å²) in [5.74, 6) is 1.42. The van der Waals surface area contributed by atoms with Gasteiger partial charge in [-0.2, -0.15) is 0 Å². The van der Waals surface area contributed by atoms with Crippen LogP contribution < -0.4 is 14.8 Å². The monoisotopic (exact) mass is 949 g/mol. The summed E-state index contributed by atoms with van der Waals surface area (Å²) >= 11 is 0. The summed E-state index contributed by atoms with van der Waals surface area (Å²) in [5, 5.41) is 25.3. The molecule has 2 unspecified atom stereocenters. The largest absolute Gasteiger partial charge is 0.497 e. The van der Waals surface area contributed by atoms with Crippen LogP contribution in [-0.4, -0.2) is 126 Å². The van der Waals surface area contributed by atoms with Crippen molar-refractivity contribution in [3.05, 3.63) is 145 Å². The second-order valence-electron chi connectivity index (χ2n) is 15.5. The van der Waals surface area contributed by atoms with Gasteiger partial charge in [0.2, 0.25) is 6.54 Å². The average Bonchev–Trinajstić information content (AvgIpc) is 3.33. The smallest absolute Gasteiger partial charge is 0.299 e. The summed E-state index contributed by atoms with van der Waals surface area (Å²) in [6.45, 7) is 19.1. The molecular weight excluding hydrogens is 886 g/mol. The zero-order valence-corrected chi connectivity index (χ0v) is 40.1. The number of methoxy groups -OCH3 is 2. The lowest BCUT2D eigenvalue weighted by Gasteiger charge is -2.39. The molecule has 0 aliphatic rings. The number of nitro groups is 2. The molecule has 0 aliphatic heterocycles. The molecular formula is C48H64N5O13P. The number of rotatable bonds is 34. The predicted molar refractivity (Wildman–Crippen MR) is 256 cm³/mol. The van der Waals surface area contributed by atoms with E-state index in [1.54, 1.807) is 14.2 Å². The third kappa shape index (κ3) is 17.1. The molecule has 18 nitrogen and oxygen atoms in total. The van der Waals surface area contributed by atoms with E-state index in [0.717, 1.165) is 22.8 Å². The van der Waals surface area contributed by atoms with Crippen molar-refractivity contribution >= 4 is 25.6 Å². The van der Waals surface area contributed by atoms with Gasteiger partial charge in [0, 0.05) is 31.3 Å². The molecule has 4 rings (SSSR count). The highest BCUT2D eigenvalue weighted by atomic mass is 31.2. The fourth-order valence-electron chi connectivity index (χ4n) is 7.02. The number of hydrogen-bond donors (Lipinski definition) is 1. The molecule has 364 valence electrons. The van der Waals surface area contributed by atoms with Crippen LogP contribution in [0.5, 0.6) is 11.5 Å². The summed E-state index contributed by atoms with van der Waals surface area (Å²) < 4.78 is 56.9. The molecule has 1 N–H and O–H groups in total. The second kappa shape index (κ2) is 29.4. The predicted octanol–water partition coefficient (Wildman–Crippen LogP) is 9.06. The summed E-state index contributed by atoms with van der Waals surface area (Å²) in [6, 6.07) is 29.3. The SMILES string of the molecule is [C-]#[N+]CCOP(OC(COCCOCCOCCOCCCNc1ccc([N+](=O)[O-])cc1[N+](=O)[O-])COC(c1ccccc1)(c1ccc(OC)cc1)c1ccc(OC)cc1)N(C(C)C)C(C)C. The maximum atomic E-state index is 11.3. The number of non-ortho nitro benzene ring substituents is 1. The first kappa shape index (κ1) is 54.3. The van der Waals surface area contributed by atoms with Crippen molar-refractivity contribution < 1.29 is 52.1 Å². The fraction of sp³-hybridized carbons (Fsp3) is 0.479. The molecule has 19 heteroatoms. The second-order valence-corrected chi connectivity index (χ2v) is 16.9. The summed E-state index contributed by atoms with van der Waals surface area (Å²) in [7, 11) is 1.62. The normalized spacial score (nSPS) is 12.5. The highest BCUT2D eigenvalue weighted by Gasteiger charge is 2.40. The Labute approximate surface area is 394 Å². The van der Waals surface area contributed by atoms with Gasteiger partial charge in [-0.05, 0) is 81.1 Å². The molecule has 0 heterocycles. The Morgan fingerprint density at radius 2 is 1.22 bits per heavy atom. The van der Waals surface area contributed by atoms with Gasteiger partial charge in [-0.15, -0.1) is 0 Å². The van der Waals surface area contributed by atoms with Gasteiger partial charge in [-0.25, -0.2) is 11.2 Å². The maximum absolute atomic E-state index is 11.3. The van der Waals surface area contributed by atoms with E-state index in [9.17, 15) is 20.2 Å². The van der Waals surface area contributed by atoms with Crippen molar-refractivity contribution in [3.63, 3.8) is 0 Å². The Morgan fingerprint density at radius 3 is 1.73 bits per heavy atom. The minimum atomic E-state index is -1.64. The lowest BCUT2D eigenvalue weighted by atomic mass is 9.80. The lowest BCUT2D eigenvalue weighted by molar-refractivity contribution is -0.393. The zero-order chi connectivity index (χ0) is 48.4. The zero-order valence-electron chi connectivity index (χ0n) is 39.2. The Morgan fingerprint density at radius 1 is 0.687 bits per heavy atom. The Bertz CT molecular complexity index is 2040. The topological polar surface area (TPSA) is 189 Å². The molecule has 0 amide bonds. The standard InChI is InChI=1S/C48H64N5O13P/c1-37(2)51(38(3)4)67(65-27-25-49-5)66-45(35-63-33-32-62-31-30-61-29-28-60-26-11-24-50-46-23-18-42(52(54)55)34-47(46)53(56)57)36-64-48(39-12-9-8-10-13-39,40-14-19-43(58-6)20-15-40)41-16-21-44(59-7)22-17-41/h8-10,12-23,34,37-38,45,50H,11,24-33,35-36H2,1-4,6-7H3. The molecule has 0 fully saturated rings. The third-order valence-electron chi connectivity index (χ3n) is 10.1. The van der Waals surface area contributed by atoms with E-state index in [1.165, 1.54) is 12.1 Å². The molecule has 0 saturated heterocycles. The number of ether oxygens (including phenoxy) is 7. The van der Waals surface area contributed by atoms with Gasteiger partial charge in [-0.3, -0.25) is 20.2 Å². The minimum absolute atomic E-state index is 0.0810. The van der Waals surface area contributed by atoms with E-state index in [0.29, 0.717) is 64.1 Å². The molecule has 0 aromatic heterocycles. The number of nitrogens with zero attached hydrogens (tertiary/aromatic N) is 4. The van der Waals surface area contributed by atoms with Gasteiger partial charge in [0.15, 0.2) is 0 Å². The molecule has 2 atom stereocenters. The van der Waals surface area contributed by atoms with Crippen LogP contribution >= 0.6 is 8.53 Å². The maximum Gasteiger partial charge on any atom is 0.299 e. The first-order valence-electron chi connectivity index (χ1n) is 22.1. The van der Waals surface area contributed by atoms with Gasteiger partial charge in [0.05, 0.1) is 83.0 Å². The number of anilines is 1. The summed E-state index contributed by atoms with van der Waals surface area (Å²) in [6.07, 6.45) is -0.0577. The highest BCUT2D eigenvalue weighted by Crippen LogP contribution is 2.48. The van der Waals surface area contributed by atoms with Crippen LogP contribution in [0.4, 0.5) is 17.1 Å². The van der Waals surface area contributed by atoms with Crippen LogP contribution in [0.2, 0.25) is 0 Å². The van der Waals surface area contributed by atoms with Gasteiger partial charge in [0.25, 0.3) is 19.9 Å². The quantitative estimate of drug-likeness (QED) is 0.0117. The average molecular weight is 950 g/mol. The molecule has 67 heavy (non-hydrogen) atoms. The fourth-order valence-corrected chi connectivity index (χ4v) is 8.70. The van der Waals surface area contributed by atoms with Crippen LogP contribution in [0, 0.1) is 26.8 Å². The van der Waals surface area contributed by atoms with Gasteiger partial charge in [0.1, 0.15) is 35.5 Å². The van der Waals surface area contributed by atoms with Crippen molar-refractivity contribution in [2.75, 3.05) is 98.7 Å². The van der Waals surface area contributed by atoms with Crippen LogP contribution in [0.25, 0.3) is 4.85 Å². The highest BCUT2D eigenvalue weighted by molar-refractivity contribution is 7.44. The Balaban J connectivity index is 1.36. The molecule has 4 aromatic rings. The van der Waals surface area contributed by atoms with Crippen LogP contribution in [-0.2, 0) is 38.3 Å².